The van der Waals surface area contributed by atoms with Gasteiger partial charge in [-0.1, -0.05) is 12.1 Å². The van der Waals surface area contributed by atoms with Gasteiger partial charge in [0.05, 0.1) is 5.69 Å². The van der Waals surface area contributed by atoms with Gasteiger partial charge < -0.3 is 10.2 Å². The van der Waals surface area contributed by atoms with Crippen molar-refractivity contribution in [2.45, 2.75) is 6.92 Å². The molecular weight excluding hydrogens is 358 g/mol. The van der Waals surface area contributed by atoms with E-state index in [1.54, 1.807) is 6.20 Å². The third kappa shape index (κ3) is 3.65. The van der Waals surface area contributed by atoms with E-state index in [1.807, 2.05) is 44.7 Å². The van der Waals surface area contributed by atoms with Crippen LogP contribution in [0.1, 0.15) is 5.69 Å². The van der Waals surface area contributed by atoms with Crippen LogP contribution >= 0.6 is 11.3 Å². The first-order chi connectivity index (χ1) is 13.1. The summed E-state index contributed by atoms with van der Waals surface area (Å²) in [7, 11) is 4.05. The van der Waals surface area contributed by atoms with Gasteiger partial charge in [-0.3, -0.25) is 5.10 Å². The molecule has 136 valence electrons. The summed E-state index contributed by atoms with van der Waals surface area (Å²) in [6.07, 6.45) is 3.60. The molecule has 27 heavy (non-hydrogen) atoms. The van der Waals surface area contributed by atoms with E-state index >= 15 is 0 Å². The Kier molecular flexibility index (Phi) is 4.55. The van der Waals surface area contributed by atoms with E-state index in [0.29, 0.717) is 5.95 Å². The summed E-state index contributed by atoms with van der Waals surface area (Å²) in [5.74, 6) is 0.544. The van der Waals surface area contributed by atoms with Gasteiger partial charge in [0, 0.05) is 54.4 Å². The average molecular weight is 377 g/mol. The summed E-state index contributed by atoms with van der Waals surface area (Å²) >= 11 is 1.51. The van der Waals surface area contributed by atoms with Crippen molar-refractivity contribution in [3.8, 4) is 22.5 Å². The number of aromatic amines is 1. The van der Waals surface area contributed by atoms with Crippen LogP contribution in [0, 0.1) is 6.92 Å². The lowest BCUT2D eigenvalue weighted by Gasteiger charge is -2.13. The highest BCUT2D eigenvalue weighted by molar-refractivity contribution is 7.14. The molecule has 4 aromatic rings. The van der Waals surface area contributed by atoms with E-state index in [-0.39, 0.29) is 0 Å². The number of anilines is 3. The third-order valence-electron chi connectivity index (χ3n) is 4.07. The lowest BCUT2D eigenvalue weighted by atomic mass is 10.1. The Balaban J connectivity index is 1.63. The molecule has 0 aliphatic rings. The maximum absolute atomic E-state index is 4.68. The van der Waals surface area contributed by atoms with Gasteiger partial charge in [-0.25, -0.2) is 15.0 Å². The molecule has 7 nitrogen and oxygen atoms in total. The lowest BCUT2D eigenvalue weighted by molar-refractivity contribution is 1.09. The summed E-state index contributed by atoms with van der Waals surface area (Å²) in [4.78, 5) is 15.3. The summed E-state index contributed by atoms with van der Waals surface area (Å²) < 4.78 is 0. The molecule has 3 heterocycles. The fourth-order valence-corrected chi connectivity index (χ4v) is 3.40. The number of aryl methyl sites for hydroxylation is 1. The summed E-state index contributed by atoms with van der Waals surface area (Å²) in [5, 5.41) is 13.3. The van der Waals surface area contributed by atoms with Gasteiger partial charge in [-0.05, 0) is 25.1 Å². The second-order valence-electron chi connectivity index (χ2n) is 6.28. The Hall–Kier alpha value is -3.26. The highest BCUT2D eigenvalue weighted by atomic mass is 32.1. The van der Waals surface area contributed by atoms with Crippen LogP contribution in [0.25, 0.3) is 22.5 Å². The van der Waals surface area contributed by atoms with Crippen molar-refractivity contribution >= 4 is 28.1 Å². The van der Waals surface area contributed by atoms with Crippen LogP contribution < -0.4 is 10.2 Å². The number of rotatable bonds is 5. The quantitative estimate of drug-likeness (QED) is 0.545. The third-order valence-corrected chi connectivity index (χ3v) is 4.83. The zero-order valence-electron chi connectivity index (χ0n) is 15.3. The van der Waals surface area contributed by atoms with Crippen molar-refractivity contribution < 1.29 is 0 Å². The zero-order valence-corrected chi connectivity index (χ0v) is 16.1. The minimum absolute atomic E-state index is 0.544. The molecular formula is C19H19N7S. The second-order valence-corrected chi connectivity index (χ2v) is 7.13. The van der Waals surface area contributed by atoms with E-state index in [9.17, 15) is 0 Å². The van der Waals surface area contributed by atoms with Gasteiger partial charge in [0.25, 0.3) is 0 Å². The van der Waals surface area contributed by atoms with E-state index < -0.39 is 0 Å². The predicted octanol–water partition coefficient (Wildman–Crippen LogP) is 4.11. The van der Waals surface area contributed by atoms with Gasteiger partial charge >= 0.3 is 0 Å². The fourth-order valence-electron chi connectivity index (χ4n) is 2.70. The van der Waals surface area contributed by atoms with Crippen molar-refractivity contribution in [2.75, 3.05) is 24.3 Å². The van der Waals surface area contributed by atoms with Gasteiger partial charge in [-0.15, -0.1) is 11.3 Å². The van der Waals surface area contributed by atoms with E-state index in [2.05, 4.69) is 53.6 Å². The normalized spacial score (nSPS) is 10.8. The molecule has 0 aliphatic heterocycles. The molecule has 0 unspecified atom stereocenters. The minimum atomic E-state index is 0.544. The van der Waals surface area contributed by atoms with Gasteiger partial charge in [-0.2, -0.15) is 5.10 Å². The molecule has 0 atom stereocenters. The SMILES string of the molecule is Cc1ccnc(Nc2nc(-c3c[nH]nc3-c3cccc(N(C)C)c3)cs2)n1. The average Bonchev–Trinajstić information content (AvgIpc) is 3.31. The monoisotopic (exact) mass is 377 g/mol. The Labute approximate surface area is 161 Å². The van der Waals surface area contributed by atoms with Crippen molar-refractivity contribution in [3.63, 3.8) is 0 Å². The molecule has 1 aromatic carbocycles. The summed E-state index contributed by atoms with van der Waals surface area (Å²) in [5.41, 5.74) is 5.76. The van der Waals surface area contributed by atoms with Crippen LogP contribution in [-0.4, -0.2) is 39.2 Å². The minimum Gasteiger partial charge on any atom is -0.378 e. The maximum atomic E-state index is 4.68. The molecule has 8 heteroatoms. The number of H-pyrrole nitrogens is 1. The molecule has 0 amide bonds. The highest BCUT2D eigenvalue weighted by Crippen LogP contribution is 2.33. The van der Waals surface area contributed by atoms with E-state index in [4.69, 9.17) is 0 Å². The van der Waals surface area contributed by atoms with Gasteiger partial charge in [0.15, 0.2) is 5.13 Å². The summed E-state index contributed by atoms with van der Waals surface area (Å²) in [6, 6.07) is 10.1. The largest absolute Gasteiger partial charge is 0.378 e. The number of nitrogens with zero attached hydrogens (tertiary/aromatic N) is 5. The molecule has 0 fully saturated rings. The fraction of sp³-hybridized carbons (Fsp3) is 0.158. The molecule has 4 rings (SSSR count). The lowest BCUT2D eigenvalue weighted by Crippen LogP contribution is -2.08. The van der Waals surface area contributed by atoms with Crippen LogP contribution in [0.3, 0.4) is 0 Å². The Morgan fingerprint density at radius 1 is 1.15 bits per heavy atom. The van der Waals surface area contributed by atoms with Crippen LogP contribution in [0.5, 0.6) is 0 Å². The molecule has 0 spiro atoms. The first kappa shape index (κ1) is 17.2. The van der Waals surface area contributed by atoms with Crippen LogP contribution in [0.4, 0.5) is 16.8 Å². The molecule has 2 N–H and O–H groups in total. The number of hydrogen-bond acceptors (Lipinski definition) is 7. The number of thiazole rings is 1. The van der Waals surface area contributed by atoms with Crippen LogP contribution in [0.15, 0.2) is 48.1 Å². The second kappa shape index (κ2) is 7.16. The highest BCUT2D eigenvalue weighted by Gasteiger charge is 2.15. The summed E-state index contributed by atoms with van der Waals surface area (Å²) in [6.45, 7) is 1.93. The van der Waals surface area contributed by atoms with E-state index in [1.165, 1.54) is 11.3 Å². The zero-order chi connectivity index (χ0) is 18.8. The first-order valence-corrected chi connectivity index (χ1v) is 9.32. The first-order valence-electron chi connectivity index (χ1n) is 8.44. The molecule has 0 radical (unpaired) electrons. The van der Waals surface area contributed by atoms with Crippen molar-refractivity contribution in [1.82, 2.24) is 25.1 Å². The Morgan fingerprint density at radius 3 is 2.85 bits per heavy atom. The standard InChI is InChI=1S/C19H19N7S/c1-12-7-8-20-18(22-12)24-19-23-16(11-27-19)15-10-21-25-17(15)13-5-4-6-14(9-13)26(2)3/h4-11H,1-3H3,(H,21,25)(H,20,22,23,24). The molecule has 0 bridgehead atoms. The molecule has 3 aromatic heterocycles. The number of benzene rings is 1. The number of nitrogens with one attached hydrogen (secondary N) is 2. The molecule has 0 saturated carbocycles. The van der Waals surface area contributed by atoms with Crippen molar-refractivity contribution in [3.05, 3.63) is 53.8 Å². The Morgan fingerprint density at radius 2 is 2.04 bits per heavy atom. The van der Waals surface area contributed by atoms with Gasteiger partial charge in [0.1, 0.15) is 5.69 Å². The van der Waals surface area contributed by atoms with Crippen molar-refractivity contribution in [2.24, 2.45) is 0 Å². The topological polar surface area (TPSA) is 82.6 Å². The van der Waals surface area contributed by atoms with Gasteiger partial charge in [0.2, 0.25) is 5.95 Å². The van der Waals surface area contributed by atoms with Crippen LogP contribution in [0.2, 0.25) is 0 Å². The van der Waals surface area contributed by atoms with Crippen molar-refractivity contribution in [1.29, 1.82) is 0 Å². The maximum Gasteiger partial charge on any atom is 0.229 e. The van der Waals surface area contributed by atoms with E-state index in [0.717, 1.165) is 39.0 Å². The molecule has 0 aliphatic carbocycles. The number of aromatic nitrogens is 5. The molecule has 0 saturated heterocycles. The Bertz CT molecular complexity index is 1070. The van der Waals surface area contributed by atoms with Crippen LogP contribution in [-0.2, 0) is 0 Å². The number of hydrogen-bond donors (Lipinski definition) is 2. The smallest absolute Gasteiger partial charge is 0.229 e. The predicted molar refractivity (Wildman–Crippen MR) is 110 cm³/mol.